The van der Waals surface area contributed by atoms with Gasteiger partial charge in [0.2, 0.25) is 0 Å². The lowest BCUT2D eigenvalue weighted by molar-refractivity contribution is 0.0597. The summed E-state index contributed by atoms with van der Waals surface area (Å²) in [4.78, 5) is 34.7. The molecule has 3 rings (SSSR count). The number of likely N-dealkylation sites (N-methyl/N-ethyl adjacent to an activating group) is 1. The number of carbonyl (C=O) groups is 2. The van der Waals surface area contributed by atoms with Crippen molar-refractivity contribution in [1.82, 2.24) is 9.88 Å². The Hall–Kier alpha value is -2.48. The Morgan fingerprint density at radius 2 is 1.69 bits per heavy atom. The van der Waals surface area contributed by atoms with Crippen molar-refractivity contribution in [2.24, 2.45) is 0 Å². The molecule has 0 unspecified atom stereocenters. The first-order valence-corrected chi connectivity index (χ1v) is 11.3. The van der Waals surface area contributed by atoms with Crippen molar-refractivity contribution >= 4 is 51.0 Å². The first-order chi connectivity index (χ1) is 14.9. The van der Waals surface area contributed by atoms with Crippen molar-refractivity contribution in [3.8, 4) is 0 Å². The summed E-state index contributed by atoms with van der Waals surface area (Å²) < 4.78 is 5.94. The Labute approximate surface area is 199 Å². The molecule has 0 fully saturated rings. The van der Waals surface area contributed by atoms with Gasteiger partial charge in [0.1, 0.15) is 0 Å². The van der Waals surface area contributed by atoms with E-state index in [-0.39, 0.29) is 23.9 Å². The fourth-order valence-electron chi connectivity index (χ4n) is 3.64. The van der Waals surface area contributed by atoms with Gasteiger partial charge in [-0.25, -0.2) is 9.78 Å². The van der Waals surface area contributed by atoms with Gasteiger partial charge in [-0.3, -0.25) is 9.69 Å². The van der Waals surface area contributed by atoms with Crippen molar-refractivity contribution in [2.45, 2.75) is 27.7 Å². The van der Waals surface area contributed by atoms with Crippen LogP contribution < -0.4 is 4.90 Å². The van der Waals surface area contributed by atoms with E-state index in [1.165, 1.54) is 18.4 Å². The molecular weight excluding hydrogens is 446 g/mol. The third-order valence-corrected chi connectivity index (χ3v) is 6.42. The zero-order chi connectivity index (χ0) is 22.5. The lowest BCUT2D eigenvalue weighted by atomic mass is 10.1. The highest BCUT2D eigenvalue weighted by Crippen LogP contribution is 2.32. The van der Waals surface area contributed by atoms with Gasteiger partial charge in [0.25, 0.3) is 5.91 Å². The first-order valence-electron chi connectivity index (χ1n) is 10.5. The van der Waals surface area contributed by atoms with E-state index in [4.69, 9.17) is 9.72 Å². The molecule has 2 aromatic carbocycles. The van der Waals surface area contributed by atoms with E-state index in [1.807, 2.05) is 6.92 Å². The molecule has 0 saturated heterocycles. The molecule has 0 spiro atoms. The van der Waals surface area contributed by atoms with Gasteiger partial charge in [-0.2, -0.15) is 0 Å². The molecule has 1 aromatic heterocycles. The second-order valence-corrected chi connectivity index (χ2v) is 8.45. The topological polar surface area (TPSA) is 62.7 Å². The highest BCUT2D eigenvalue weighted by molar-refractivity contribution is 7.22. The largest absolute Gasteiger partial charge is 0.465 e. The monoisotopic (exact) mass is 475 g/mol. The zero-order valence-electron chi connectivity index (χ0n) is 19.2. The lowest BCUT2D eigenvalue weighted by Gasteiger charge is -2.25. The number of aryl methyl sites for hydroxylation is 2. The van der Waals surface area contributed by atoms with E-state index in [9.17, 15) is 9.59 Å². The Morgan fingerprint density at radius 1 is 1.03 bits per heavy atom. The molecule has 1 heterocycles. The van der Waals surface area contributed by atoms with Gasteiger partial charge in [-0.05, 0) is 56.3 Å². The summed E-state index contributed by atoms with van der Waals surface area (Å²) in [6.45, 7) is 11.3. The molecule has 0 N–H and O–H groups in total. The maximum atomic E-state index is 13.7. The molecule has 6 nitrogen and oxygen atoms in total. The number of anilines is 1. The summed E-state index contributed by atoms with van der Waals surface area (Å²) in [6.07, 6.45) is 0. The predicted octanol–water partition coefficient (Wildman–Crippen LogP) is 5.11. The van der Waals surface area contributed by atoms with Crippen molar-refractivity contribution in [1.29, 1.82) is 0 Å². The van der Waals surface area contributed by atoms with Crippen LogP contribution in [-0.4, -0.2) is 55.0 Å². The summed E-state index contributed by atoms with van der Waals surface area (Å²) >= 11 is 1.50. The fourth-order valence-corrected chi connectivity index (χ4v) is 4.81. The highest BCUT2D eigenvalue weighted by Gasteiger charge is 2.26. The van der Waals surface area contributed by atoms with Crippen LogP contribution in [0.5, 0.6) is 0 Å². The van der Waals surface area contributed by atoms with E-state index in [0.29, 0.717) is 23.8 Å². The fraction of sp³-hybridized carbons (Fsp3) is 0.375. The molecule has 0 atom stereocenters. The molecule has 0 aliphatic carbocycles. The summed E-state index contributed by atoms with van der Waals surface area (Å²) in [5, 5.41) is 0.639. The van der Waals surface area contributed by atoms with Crippen LogP contribution in [0, 0.1) is 13.8 Å². The Morgan fingerprint density at radius 3 is 2.31 bits per heavy atom. The number of halogens is 1. The average molecular weight is 476 g/mol. The number of methoxy groups -OCH3 is 1. The zero-order valence-corrected chi connectivity index (χ0v) is 20.8. The maximum absolute atomic E-state index is 13.7. The number of ether oxygens (including phenoxy) is 1. The lowest BCUT2D eigenvalue weighted by Crippen LogP contribution is -2.39. The van der Waals surface area contributed by atoms with Crippen molar-refractivity contribution in [3.05, 3.63) is 58.7 Å². The Kier molecular flexibility index (Phi) is 9.19. The molecule has 0 aliphatic heterocycles. The predicted molar refractivity (Wildman–Crippen MR) is 134 cm³/mol. The van der Waals surface area contributed by atoms with Crippen molar-refractivity contribution < 1.29 is 14.3 Å². The first kappa shape index (κ1) is 25.8. The number of hydrogen-bond donors (Lipinski definition) is 0. The normalized spacial score (nSPS) is 10.8. The third-order valence-electron chi connectivity index (χ3n) is 5.39. The third kappa shape index (κ3) is 5.46. The number of rotatable bonds is 8. The molecule has 0 saturated carbocycles. The van der Waals surface area contributed by atoms with E-state index in [2.05, 4.69) is 37.8 Å². The number of hydrogen-bond acceptors (Lipinski definition) is 6. The molecule has 8 heteroatoms. The van der Waals surface area contributed by atoms with Crippen molar-refractivity contribution in [3.63, 3.8) is 0 Å². The number of amides is 1. The second-order valence-electron chi connectivity index (χ2n) is 7.45. The molecule has 0 bridgehead atoms. The van der Waals surface area contributed by atoms with Crippen LogP contribution in [0.2, 0.25) is 0 Å². The van der Waals surface area contributed by atoms with E-state index in [0.717, 1.165) is 34.4 Å². The SMILES string of the molecule is CCN(CC)CCN(C(=O)c1ccccc1C(=O)OC)c1nc2c(C)cc(C)cc2s1.Cl. The van der Waals surface area contributed by atoms with Gasteiger partial charge in [0.05, 0.1) is 28.5 Å². The van der Waals surface area contributed by atoms with E-state index < -0.39 is 5.97 Å². The van der Waals surface area contributed by atoms with Crippen LogP contribution in [0.1, 0.15) is 45.7 Å². The molecular formula is C24H30ClN3O3S. The van der Waals surface area contributed by atoms with Gasteiger partial charge in [-0.1, -0.05) is 43.4 Å². The average Bonchev–Trinajstić information content (AvgIpc) is 3.20. The standard InChI is InChI=1S/C24H29N3O3S.ClH/c1-6-26(7-2)12-13-27(22(28)18-10-8-9-11-19(18)23(29)30-5)24-25-21-17(4)14-16(3)15-20(21)31-24;/h8-11,14-15H,6-7,12-13H2,1-5H3;1H. The number of thiazole rings is 1. The summed E-state index contributed by atoms with van der Waals surface area (Å²) in [5.41, 5.74) is 3.74. The van der Waals surface area contributed by atoms with Crippen LogP contribution in [0.4, 0.5) is 5.13 Å². The summed E-state index contributed by atoms with van der Waals surface area (Å²) in [5.74, 6) is -0.773. The summed E-state index contributed by atoms with van der Waals surface area (Å²) in [7, 11) is 1.32. The van der Waals surface area contributed by atoms with Crippen LogP contribution in [0.25, 0.3) is 10.2 Å². The van der Waals surface area contributed by atoms with Crippen LogP contribution in [0.15, 0.2) is 36.4 Å². The van der Waals surface area contributed by atoms with Crippen LogP contribution in [-0.2, 0) is 4.74 Å². The molecule has 0 aliphatic rings. The smallest absolute Gasteiger partial charge is 0.338 e. The highest BCUT2D eigenvalue weighted by atomic mass is 35.5. The number of carbonyl (C=O) groups excluding carboxylic acids is 2. The van der Waals surface area contributed by atoms with Crippen LogP contribution in [0.3, 0.4) is 0 Å². The summed E-state index contributed by atoms with van der Waals surface area (Å²) in [6, 6.07) is 11.0. The van der Waals surface area contributed by atoms with Gasteiger partial charge < -0.3 is 9.64 Å². The maximum Gasteiger partial charge on any atom is 0.338 e. The molecule has 172 valence electrons. The van der Waals surface area contributed by atoms with Gasteiger partial charge in [-0.15, -0.1) is 12.4 Å². The minimum absolute atomic E-state index is 0. The molecule has 32 heavy (non-hydrogen) atoms. The minimum Gasteiger partial charge on any atom is -0.465 e. The number of benzene rings is 2. The number of fused-ring (bicyclic) bond motifs is 1. The van der Waals surface area contributed by atoms with Crippen molar-refractivity contribution in [2.75, 3.05) is 38.2 Å². The quantitative estimate of drug-likeness (QED) is 0.423. The number of esters is 1. The Bertz CT molecular complexity index is 1100. The van der Waals surface area contributed by atoms with Gasteiger partial charge in [0, 0.05) is 13.1 Å². The number of aromatic nitrogens is 1. The molecule has 0 radical (unpaired) electrons. The molecule has 3 aromatic rings. The number of nitrogens with zero attached hydrogens (tertiary/aromatic N) is 3. The second kappa shape index (κ2) is 11.4. The van der Waals surface area contributed by atoms with Crippen LogP contribution >= 0.6 is 23.7 Å². The van der Waals surface area contributed by atoms with E-state index >= 15 is 0 Å². The van der Waals surface area contributed by atoms with E-state index in [1.54, 1.807) is 29.2 Å². The van der Waals surface area contributed by atoms with Gasteiger partial charge >= 0.3 is 5.97 Å². The van der Waals surface area contributed by atoms with Gasteiger partial charge in [0.15, 0.2) is 5.13 Å². The minimum atomic E-state index is -0.525. The molecule has 1 amide bonds. The Balaban J connectivity index is 0.00000363.